The standard InChI is InChI=1S/C26H28FN5O2S/c1-3-34-22-9-5-4-7-18(22)15-28-25(33)19-8-6-14-31(16-19)26-29-24-23(35-26)17(2)30-32(24)21-12-10-20(27)11-13-21/h4-5,7,9-13,19H,3,6,8,14-16H2,1-2H3,(H,28,33). The Kier molecular flexibility index (Phi) is 6.68. The number of ether oxygens (including phenoxy) is 1. The average molecular weight is 494 g/mol. The molecule has 0 bridgehead atoms. The molecule has 1 atom stereocenters. The van der Waals surface area contributed by atoms with Gasteiger partial charge in [0.15, 0.2) is 10.8 Å². The van der Waals surface area contributed by atoms with Crippen molar-refractivity contribution >= 4 is 32.7 Å². The number of aryl methyl sites for hydroxylation is 1. The maximum Gasteiger partial charge on any atom is 0.225 e. The predicted octanol–water partition coefficient (Wildman–Crippen LogP) is 4.86. The highest BCUT2D eigenvalue weighted by Gasteiger charge is 2.28. The van der Waals surface area contributed by atoms with Crippen LogP contribution >= 0.6 is 11.3 Å². The van der Waals surface area contributed by atoms with E-state index in [1.54, 1.807) is 28.2 Å². The summed E-state index contributed by atoms with van der Waals surface area (Å²) >= 11 is 1.59. The molecule has 0 saturated carbocycles. The van der Waals surface area contributed by atoms with Gasteiger partial charge in [-0.25, -0.2) is 9.07 Å². The third-order valence-corrected chi connectivity index (χ3v) is 7.45. The number of hydrogen-bond donors (Lipinski definition) is 1. The number of carbonyl (C=O) groups excluding carboxylic acids is 1. The topological polar surface area (TPSA) is 72.3 Å². The van der Waals surface area contributed by atoms with Crippen molar-refractivity contribution < 1.29 is 13.9 Å². The number of nitrogens with one attached hydrogen (secondary N) is 1. The molecular weight excluding hydrogens is 465 g/mol. The van der Waals surface area contributed by atoms with Crippen molar-refractivity contribution in [3.05, 3.63) is 65.6 Å². The number of thiazole rings is 1. The molecule has 182 valence electrons. The zero-order valence-electron chi connectivity index (χ0n) is 19.8. The second-order valence-electron chi connectivity index (χ2n) is 8.67. The van der Waals surface area contributed by atoms with Crippen molar-refractivity contribution in [2.24, 2.45) is 5.92 Å². The second kappa shape index (κ2) is 10.0. The molecule has 3 heterocycles. The van der Waals surface area contributed by atoms with Gasteiger partial charge >= 0.3 is 0 Å². The monoisotopic (exact) mass is 493 g/mol. The number of nitrogens with zero attached hydrogens (tertiary/aromatic N) is 4. The largest absolute Gasteiger partial charge is 0.494 e. The van der Waals surface area contributed by atoms with Crippen LogP contribution in [0.15, 0.2) is 48.5 Å². The Morgan fingerprint density at radius 3 is 2.83 bits per heavy atom. The fourth-order valence-electron chi connectivity index (χ4n) is 4.46. The first-order chi connectivity index (χ1) is 17.0. The number of hydrogen-bond acceptors (Lipinski definition) is 6. The molecule has 0 aliphatic carbocycles. The Balaban J connectivity index is 1.30. The molecule has 1 N–H and O–H groups in total. The maximum absolute atomic E-state index is 13.4. The summed E-state index contributed by atoms with van der Waals surface area (Å²) in [4.78, 5) is 20.1. The van der Waals surface area contributed by atoms with Gasteiger partial charge in [0, 0.05) is 25.2 Å². The van der Waals surface area contributed by atoms with Gasteiger partial charge in [-0.3, -0.25) is 4.79 Å². The van der Waals surface area contributed by atoms with E-state index in [9.17, 15) is 9.18 Å². The van der Waals surface area contributed by atoms with E-state index in [2.05, 4.69) is 15.3 Å². The molecule has 5 rings (SSSR count). The molecule has 7 nitrogen and oxygen atoms in total. The molecule has 0 spiro atoms. The lowest BCUT2D eigenvalue weighted by atomic mass is 9.97. The third kappa shape index (κ3) is 4.86. The summed E-state index contributed by atoms with van der Waals surface area (Å²) in [5.41, 5.74) is 3.38. The van der Waals surface area contributed by atoms with Gasteiger partial charge in [0.2, 0.25) is 5.91 Å². The van der Waals surface area contributed by atoms with Crippen LogP contribution in [-0.4, -0.2) is 40.4 Å². The van der Waals surface area contributed by atoms with Crippen LogP contribution in [0, 0.1) is 18.7 Å². The van der Waals surface area contributed by atoms with Crippen LogP contribution in [-0.2, 0) is 11.3 Å². The summed E-state index contributed by atoms with van der Waals surface area (Å²) in [6, 6.07) is 14.0. The number of anilines is 1. The van der Waals surface area contributed by atoms with Crippen LogP contribution in [0.1, 0.15) is 31.0 Å². The van der Waals surface area contributed by atoms with Crippen molar-refractivity contribution in [2.75, 3.05) is 24.6 Å². The summed E-state index contributed by atoms with van der Waals surface area (Å²) in [6.07, 6.45) is 1.77. The van der Waals surface area contributed by atoms with E-state index in [4.69, 9.17) is 9.72 Å². The summed E-state index contributed by atoms with van der Waals surface area (Å²) < 4.78 is 21.8. The zero-order chi connectivity index (χ0) is 24.4. The van der Waals surface area contributed by atoms with Gasteiger partial charge < -0.3 is 15.0 Å². The molecule has 4 aromatic rings. The minimum atomic E-state index is -0.285. The highest BCUT2D eigenvalue weighted by Crippen LogP contribution is 2.34. The fourth-order valence-corrected chi connectivity index (χ4v) is 5.48. The number of fused-ring (bicyclic) bond motifs is 1. The van der Waals surface area contributed by atoms with Gasteiger partial charge in [-0.15, -0.1) is 0 Å². The van der Waals surface area contributed by atoms with Gasteiger partial charge in [0.05, 0.1) is 28.6 Å². The summed E-state index contributed by atoms with van der Waals surface area (Å²) in [6.45, 7) is 6.42. The van der Waals surface area contributed by atoms with E-state index >= 15 is 0 Å². The number of rotatable bonds is 7. The molecule has 2 aromatic carbocycles. The van der Waals surface area contributed by atoms with E-state index in [1.165, 1.54) is 12.1 Å². The summed E-state index contributed by atoms with van der Waals surface area (Å²) in [7, 11) is 0. The molecule has 1 saturated heterocycles. The summed E-state index contributed by atoms with van der Waals surface area (Å²) in [5.74, 6) is 0.466. The van der Waals surface area contributed by atoms with Crippen LogP contribution in [0.25, 0.3) is 16.0 Å². The molecule has 35 heavy (non-hydrogen) atoms. The van der Waals surface area contributed by atoms with Crippen LogP contribution in [0.3, 0.4) is 0 Å². The van der Waals surface area contributed by atoms with Gasteiger partial charge in [-0.1, -0.05) is 29.5 Å². The van der Waals surface area contributed by atoms with E-state index in [-0.39, 0.29) is 17.6 Å². The third-order valence-electron chi connectivity index (χ3n) is 6.24. The van der Waals surface area contributed by atoms with Crippen molar-refractivity contribution in [1.29, 1.82) is 0 Å². The maximum atomic E-state index is 13.4. The molecule has 0 radical (unpaired) electrons. The minimum Gasteiger partial charge on any atom is -0.494 e. The Labute approximate surface area is 207 Å². The fraction of sp³-hybridized carbons (Fsp3) is 0.346. The zero-order valence-corrected chi connectivity index (χ0v) is 20.6. The Bertz CT molecular complexity index is 1330. The molecule has 1 aliphatic heterocycles. The number of piperidine rings is 1. The average Bonchev–Trinajstić information content (AvgIpc) is 3.45. The van der Waals surface area contributed by atoms with Gasteiger partial charge in [0.1, 0.15) is 11.6 Å². The Morgan fingerprint density at radius 2 is 2.03 bits per heavy atom. The quantitative estimate of drug-likeness (QED) is 0.398. The van der Waals surface area contributed by atoms with E-state index in [1.807, 2.05) is 38.1 Å². The molecule has 2 aromatic heterocycles. The Hall–Kier alpha value is -3.46. The first kappa shape index (κ1) is 23.3. The number of amides is 1. The number of carbonyl (C=O) groups is 1. The number of halogens is 1. The molecule has 9 heteroatoms. The molecular formula is C26H28FN5O2S. The lowest BCUT2D eigenvalue weighted by Gasteiger charge is -2.31. The van der Waals surface area contributed by atoms with Crippen molar-refractivity contribution in [3.8, 4) is 11.4 Å². The van der Waals surface area contributed by atoms with Crippen LogP contribution in [0.5, 0.6) is 5.75 Å². The summed E-state index contributed by atoms with van der Waals surface area (Å²) in [5, 5.41) is 8.58. The second-order valence-corrected chi connectivity index (χ2v) is 9.64. The number of aromatic nitrogens is 3. The molecule has 1 unspecified atom stereocenters. The van der Waals surface area contributed by atoms with E-state index in [0.29, 0.717) is 19.7 Å². The van der Waals surface area contributed by atoms with Crippen molar-refractivity contribution in [3.63, 3.8) is 0 Å². The number of para-hydroxylation sites is 1. The first-order valence-corrected chi connectivity index (χ1v) is 12.7. The molecule has 1 amide bonds. The van der Waals surface area contributed by atoms with Crippen molar-refractivity contribution in [2.45, 2.75) is 33.2 Å². The SMILES string of the molecule is CCOc1ccccc1CNC(=O)C1CCCN(c2nc3c(s2)c(C)nn3-c2ccc(F)cc2)C1. The van der Waals surface area contributed by atoms with Crippen LogP contribution < -0.4 is 15.0 Å². The first-order valence-electron chi connectivity index (χ1n) is 11.9. The highest BCUT2D eigenvalue weighted by atomic mass is 32.1. The normalized spacial score (nSPS) is 16.0. The number of benzene rings is 2. The lowest BCUT2D eigenvalue weighted by Crippen LogP contribution is -2.43. The Morgan fingerprint density at radius 1 is 1.23 bits per heavy atom. The smallest absolute Gasteiger partial charge is 0.225 e. The minimum absolute atomic E-state index is 0.0516. The molecule has 1 aliphatic rings. The molecule has 1 fully saturated rings. The van der Waals surface area contributed by atoms with Gasteiger partial charge in [-0.05, 0) is 57.0 Å². The lowest BCUT2D eigenvalue weighted by molar-refractivity contribution is -0.125. The highest BCUT2D eigenvalue weighted by molar-refractivity contribution is 7.22. The van der Waals surface area contributed by atoms with Crippen molar-refractivity contribution in [1.82, 2.24) is 20.1 Å². The van der Waals surface area contributed by atoms with Crippen LogP contribution in [0.2, 0.25) is 0 Å². The van der Waals surface area contributed by atoms with E-state index < -0.39 is 0 Å². The van der Waals surface area contributed by atoms with Crippen LogP contribution in [0.4, 0.5) is 9.52 Å². The van der Waals surface area contributed by atoms with Gasteiger partial charge in [0.25, 0.3) is 0 Å². The van der Waals surface area contributed by atoms with E-state index in [0.717, 1.165) is 57.6 Å². The predicted molar refractivity (Wildman–Crippen MR) is 136 cm³/mol. The van der Waals surface area contributed by atoms with Gasteiger partial charge in [-0.2, -0.15) is 10.1 Å².